The molecule has 0 saturated carbocycles. The summed E-state index contributed by atoms with van der Waals surface area (Å²) in [6.45, 7) is 10.3. The highest BCUT2D eigenvalue weighted by Crippen LogP contribution is 2.17. The molecule has 0 aliphatic carbocycles. The van der Waals surface area contributed by atoms with E-state index in [1.165, 1.54) is 12.8 Å². The molecule has 1 aromatic rings. The SMILES string of the molecule is CC(C)(C)NCc1nccn1CC1CCOCC1. The first-order valence-corrected chi connectivity index (χ1v) is 6.87. The number of nitrogens with zero attached hydrogens (tertiary/aromatic N) is 2. The Hall–Kier alpha value is -0.870. The fourth-order valence-electron chi connectivity index (χ4n) is 2.22. The van der Waals surface area contributed by atoms with Crippen LogP contribution in [0.2, 0.25) is 0 Å². The van der Waals surface area contributed by atoms with E-state index in [2.05, 4.69) is 41.8 Å². The first-order chi connectivity index (χ1) is 8.54. The lowest BCUT2D eigenvalue weighted by Gasteiger charge is -2.24. The molecule has 0 atom stereocenters. The maximum absolute atomic E-state index is 5.40. The predicted octanol–water partition coefficient (Wildman–Crippen LogP) is 2.20. The van der Waals surface area contributed by atoms with Crippen LogP contribution >= 0.6 is 0 Å². The third kappa shape index (κ3) is 4.10. The summed E-state index contributed by atoms with van der Waals surface area (Å²) < 4.78 is 7.69. The number of nitrogens with one attached hydrogen (secondary N) is 1. The van der Waals surface area contributed by atoms with Gasteiger partial charge in [0.25, 0.3) is 0 Å². The normalized spacial score (nSPS) is 18.2. The maximum atomic E-state index is 5.40. The van der Waals surface area contributed by atoms with Crippen LogP contribution < -0.4 is 5.32 Å². The van der Waals surface area contributed by atoms with Crippen molar-refractivity contribution < 1.29 is 4.74 Å². The van der Waals surface area contributed by atoms with Gasteiger partial charge in [-0.25, -0.2) is 4.98 Å². The molecule has 0 aromatic carbocycles. The average molecular weight is 251 g/mol. The molecule has 0 unspecified atom stereocenters. The Morgan fingerprint density at radius 3 is 2.78 bits per heavy atom. The quantitative estimate of drug-likeness (QED) is 0.891. The summed E-state index contributed by atoms with van der Waals surface area (Å²) in [6.07, 6.45) is 6.34. The van der Waals surface area contributed by atoms with Crippen LogP contribution in [0.5, 0.6) is 0 Å². The molecule has 0 radical (unpaired) electrons. The van der Waals surface area contributed by atoms with Gasteiger partial charge in [-0.05, 0) is 39.5 Å². The fraction of sp³-hybridized carbons (Fsp3) is 0.786. The summed E-state index contributed by atoms with van der Waals surface area (Å²) in [4.78, 5) is 4.45. The zero-order chi connectivity index (χ0) is 13.0. The molecular formula is C14H25N3O. The van der Waals surface area contributed by atoms with Crippen molar-refractivity contribution in [1.29, 1.82) is 0 Å². The van der Waals surface area contributed by atoms with Crippen LogP contribution in [0.25, 0.3) is 0 Å². The van der Waals surface area contributed by atoms with Gasteiger partial charge in [-0.1, -0.05) is 0 Å². The minimum Gasteiger partial charge on any atom is -0.381 e. The Morgan fingerprint density at radius 1 is 1.39 bits per heavy atom. The van der Waals surface area contributed by atoms with E-state index in [4.69, 9.17) is 4.74 Å². The number of aromatic nitrogens is 2. The molecule has 1 fully saturated rings. The Labute approximate surface area is 110 Å². The topological polar surface area (TPSA) is 39.1 Å². The number of imidazole rings is 1. The average Bonchev–Trinajstić information content (AvgIpc) is 2.74. The van der Waals surface area contributed by atoms with Crippen molar-refractivity contribution in [3.8, 4) is 0 Å². The summed E-state index contributed by atoms with van der Waals surface area (Å²) >= 11 is 0. The van der Waals surface area contributed by atoms with E-state index in [1.54, 1.807) is 0 Å². The van der Waals surface area contributed by atoms with Gasteiger partial charge >= 0.3 is 0 Å². The zero-order valence-electron chi connectivity index (χ0n) is 11.8. The third-order valence-electron chi connectivity index (χ3n) is 3.37. The van der Waals surface area contributed by atoms with Gasteiger partial charge in [0.2, 0.25) is 0 Å². The Balaban J connectivity index is 1.90. The van der Waals surface area contributed by atoms with E-state index >= 15 is 0 Å². The Kier molecular flexibility index (Phi) is 4.40. The fourth-order valence-corrected chi connectivity index (χ4v) is 2.22. The molecule has 4 heteroatoms. The molecule has 2 rings (SSSR count). The largest absolute Gasteiger partial charge is 0.381 e. The van der Waals surface area contributed by atoms with E-state index in [0.717, 1.165) is 38.0 Å². The van der Waals surface area contributed by atoms with Gasteiger partial charge < -0.3 is 14.6 Å². The van der Waals surface area contributed by atoms with Gasteiger partial charge in [0.05, 0.1) is 6.54 Å². The van der Waals surface area contributed by atoms with Crippen molar-refractivity contribution in [3.63, 3.8) is 0 Å². The van der Waals surface area contributed by atoms with E-state index in [0.29, 0.717) is 0 Å². The second-order valence-electron chi connectivity index (χ2n) is 6.16. The molecule has 0 amide bonds. The number of hydrogen-bond donors (Lipinski definition) is 1. The lowest BCUT2D eigenvalue weighted by molar-refractivity contribution is 0.0609. The maximum Gasteiger partial charge on any atom is 0.122 e. The molecule has 1 aliphatic heterocycles. The molecule has 102 valence electrons. The van der Waals surface area contributed by atoms with Gasteiger partial charge in [0.15, 0.2) is 0 Å². The highest BCUT2D eigenvalue weighted by molar-refractivity contribution is 4.94. The third-order valence-corrected chi connectivity index (χ3v) is 3.37. The van der Waals surface area contributed by atoms with Crippen molar-refractivity contribution in [2.24, 2.45) is 5.92 Å². The summed E-state index contributed by atoms with van der Waals surface area (Å²) in [5.74, 6) is 1.87. The molecule has 4 nitrogen and oxygen atoms in total. The van der Waals surface area contributed by atoms with Crippen LogP contribution in [0.15, 0.2) is 12.4 Å². The number of rotatable bonds is 4. The molecule has 0 bridgehead atoms. The van der Waals surface area contributed by atoms with E-state index in [9.17, 15) is 0 Å². The minimum atomic E-state index is 0.134. The lowest BCUT2D eigenvalue weighted by Crippen LogP contribution is -2.36. The summed E-state index contributed by atoms with van der Waals surface area (Å²) in [6, 6.07) is 0. The van der Waals surface area contributed by atoms with Crippen molar-refractivity contribution in [1.82, 2.24) is 14.9 Å². The van der Waals surface area contributed by atoms with E-state index < -0.39 is 0 Å². The van der Waals surface area contributed by atoms with Crippen molar-refractivity contribution in [2.45, 2.75) is 52.2 Å². The van der Waals surface area contributed by atoms with Gasteiger partial charge in [0.1, 0.15) is 5.82 Å². The number of hydrogen-bond acceptors (Lipinski definition) is 3. The van der Waals surface area contributed by atoms with Crippen LogP contribution in [0.1, 0.15) is 39.4 Å². The molecule has 1 aromatic heterocycles. The van der Waals surface area contributed by atoms with Crippen molar-refractivity contribution in [2.75, 3.05) is 13.2 Å². The first kappa shape index (κ1) is 13.6. The van der Waals surface area contributed by atoms with Gasteiger partial charge in [-0.15, -0.1) is 0 Å². The van der Waals surface area contributed by atoms with Crippen LogP contribution in [0, 0.1) is 5.92 Å². The standard InChI is InChI=1S/C14H25N3O/c1-14(2,3)16-10-13-15-6-7-17(13)11-12-4-8-18-9-5-12/h6-7,12,16H,4-5,8-11H2,1-3H3. The molecule has 1 aliphatic rings. The summed E-state index contributed by atoms with van der Waals surface area (Å²) in [7, 11) is 0. The monoisotopic (exact) mass is 251 g/mol. The predicted molar refractivity (Wildman–Crippen MR) is 72.4 cm³/mol. The summed E-state index contributed by atoms with van der Waals surface area (Å²) in [5, 5.41) is 3.49. The van der Waals surface area contributed by atoms with Crippen LogP contribution in [0.3, 0.4) is 0 Å². The second-order valence-corrected chi connectivity index (χ2v) is 6.16. The van der Waals surface area contributed by atoms with Crippen LogP contribution in [-0.2, 0) is 17.8 Å². The summed E-state index contributed by atoms with van der Waals surface area (Å²) in [5.41, 5.74) is 0.134. The highest BCUT2D eigenvalue weighted by Gasteiger charge is 2.16. The lowest BCUT2D eigenvalue weighted by atomic mass is 10.0. The van der Waals surface area contributed by atoms with Gasteiger partial charge in [-0.3, -0.25) is 0 Å². The molecule has 1 saturated heterocycles. The minimum absolute atomic E-state index is 0.134. The smallest absolute Gasteiger partial charge is 0.122 e. The van der Waals surface area contributed by atoms with Gasteiger partial charge in [-0.2, -0.15) is 0 Å². The first-order valence-electron chi connectivity index (χ1n) is 6.87. The Bertz CT molecular complexity index is 361. The van der Waals surface area contributed by atoms with Gasteiger partial charge in [0, 0.05) is 37.7 Å². The molecule has 2 heterocycles. The van der Waals surface area contributed by atoms with Crippen LogP contribution in [0.4, 0.5) is 0 Å². The Morgan fingerprint density at radius 2 is 2.11 bits per heavy atom. The van der Waals surface area contributed by atoms with Crippen molar-refractivity contribution in [3.05, 3.63) is 18.2 Å². The zero-order valence-corrected chi connectivity index (χ0v) is 11.8. The highest BCUT2D eigenvalue weighted by atomic mass is 16.5. The second kappa shape index (κ2) is 5.85. The molecule has 0 spiro atoms. The van der Waals surface area contributed by atoms with Crippen LogP contribution in [-0.4, -0.2) is 28.3 Å². The molecule has 1 N–H and O–H groups in total. The number of ether oxygens (including phenoxy) is 1. The molecule has 18 heavy (non-hydrogen) atoms. The molecular weight excluding hydrogens is 226 g/mol. The van der Waals surface area contributed by atoms with E-state index in [1.807, 2.05) is 6.20 Å². The van der Waals surface area contributed by atoms with Crippen molar-refractivity contribution >= 4 is 0 Å². The van der Waals surface area contributed by atoms with E-state index in [-0.39, 0.29) is 5.54 Å².